The Morgan fingerprint density at radius 3 is 2.91 bits per heavy atom. The maximum atomic E-state index is 13.4. The number of aromatic nitrogens is 3. The molecule has 0 spiro atoms. The summed E-state index contributed by atoms with van der Waals surface area (Å²) in [5.74, 6) is 1.07. The number of carbonyl (C=O) groups is 1. The molecule has 1 saturated carbocycles. The molecule has 3 aliphatic rings. The highest BCUT2D eigenvalue weighted by Gasteiger charge is 2.40. The summed E-state index contributed by atoms with van der Waals surface area (Å²) in [7, 11) is 0. The summed E-state index contributed by atoms with van der Waals surface area (Å²) in [6, 6.07) is -1.02. The second-order valence-electron chi connectivity index (χ2n) is 6.88. The second kappa shape index (κ2) is 5.72. The number of amides is 1. The Morgan fingerprint density at radius 1 is 1.35 bits per heavy atom. The number of hydrogen-bond acceptors (Lipinski definition) is 4. The van der Waals surface area contributed by atoms with Crippen LogP contribution in [-0.4, -0.2) is 51.1 Å². The van der Waals surface area contributed by atoms with Gasteiger partial charge in [0.2, 0.25) is 11.9 Å². The van der Waals surface area contributed by atoms with Gasteiger partial charge in [-0.15, -0.1) is 0 Å². The van der Waals surface area contributed by atoms with Crippen LogP contribution in [0, 0.1) is 11.8 Å². The SMILES string of the molecule is O=C(C1CC1)N1CCCC([C@@H]2C[C@H](C(F)F)n3ncnc3N2)C1. The highest BCUT2D eigenvalue weighted by Crippen LogP contribution is 2.37. The van der Waals surface area contributed by atoms with E-state index in [0.717, 1.165) is 32.2 Å². The Hall–Kier alpha value is -1.73. The standard InChI is InChI=1S/C15H21F2N5O/c16-13(17)12-6-11(20-15-18-8-19-22(12)15)10-2-1-5-21(7-10)14(23)9-3-4-9/h8-13H,1-7H2,(H,18,19,20)/t10?,11-,12+/m0/s1. The summed E-state index contributed by atoms with van der Waals surface area (Å²) in [6.07, 6.45) is 3.06. The zero-order chi connectivity index (χ0) is 16.0. The summed E-state index contributed by atoms with van der Waals surface area (Å²) in [4.78, 5) is 18.3. The number of likely N-dealkylation sites (tertiary alicyclic amines) is 1. The molecule has 126 valence electrons. The van der Waals surface area contributed by atoms with E-state index in [1.54, 1.807) is 0 Å². The normalized spacial score (nSPS) is 30.9. The van der Waals surface area contributed by atoms with Crippen molar-refractivity contribution in [3.05, 3.63) is 6.33 Å². The number of fused-ring (bicyclic) bond motifs is 1. The lowest BCUT2D eigenvalue weighted by atomic mass is 9.86. The number of carbonyl (C=O) groups excluding carboxylic acids is 1. The third-order valence-corrected chi connectivity index (χ3v) is 5.25. The number of hydrogen-bond donors (Lipinski definition) is 1. The van der Waals surface area contributed by atoms with E-state index in [4.69, 9.17) is 0 Å². The van der Waals surface area contributed by atoms with Crippen LogP contribution in [0.15, 0.2) is 6.33 Å². The number of nitrogens with zero attached hydrogens (tertiary/aromatic N) is 4. The zero-order valence-electron chi connectivity index (χ0n) is 12.9. The van der Waals surface area contributed by atoms with Gasteiger partial charge >= 0.3 is 0 Å². The monoisotopic (exact) mass is 325 g/mol. The molecular formula is C15H21F2N5O. The quantitative estimate of drug-likeness (QED) is 0.922. The molecule has 2 aliphatic heterocycles. The molecule has 0 bridgehead atoms. The number of anilines is 1. The van der Waals surface area contributed by atoms with E-state index in [1.807, 2.05) is 4.90 Å². The van der Waals surface area contributed by atoms with E-state index in [0.29, 0.717) is 18.9 Å². The van der Waals surface area contributed by atoms with Crippen molar-refractivity contribution in [1.82, 2.24) is 19.7 Å². The maximum absolute atomic E-state index is 13.4. The van der Waals surface area contributed by atoms with Crippen LogP contribution in [0.1, 0.15) is 38.1 Å². The van der Waals surface area contributed by atoms with Crippen molar-refractivity contribution in [3.8, 4) is 0 Å². The molecule has 6 nitrogen and oxygen atoms in total. The van der Waals surface area contributed by atoms with Crippen LogP contribution in [0.25, 0.3) is 0 Å². The smallest absolute Gasteiger partial charge is 0.260 e. The summed E-state index contributed by atoms with van der Waals surface area (Å²) < 4.78 is 28.0. The van der Waals surface area contributed by atoms with Crippen molar-refractivity contribution in [2.45, 2.75) is 50.6 Å². The van der Waals surface area contributed by atoms with Crippen molar-refractivity contribution >= 4 is 11.9 Å². The molecule has 1 saturated heterocycles. The third kappa shape index (κ3) is 2.79. The van der Waals surface area contributed by atoms with E-state index >= 15 is 0 Å². The average molecular weight is 325 g/mol. The lowest BCUT2D eigenvalue weighted by molar-refractivity contribution is -0.134. The van der Waals surface area contributed by atoms with Crippen LogP contribution in [0.4, 0.5) is 14.7 Å². The van der Waals surface area contributed by atoms with Crippen LogP contribution in [0.3, 0.4) is 0 Å². The minimum absolute atomic E-state index is 0.0829. The van der Waals surface area contributed by atoms with E-state index in [-0.39, 0.29) is 23.8 Å². The number of piperidine rings is 1. The van der Waals surface area contributed by atoms with Crippen LogP contribution >= 0.6 is 0 Å². The van der Waals surface area contributed by atoms with Gasteiger partial charge in [0, 0.05) is 25.0 Å². The molecule has 8 heteroatoms. The van der Waals surface area contributed by atoms with Gasteiger partial charge in [-0.05, 0) is 38.0 Å². The van der Waals surface area contributed by atoms with Crippen molar-refractivity contribution in [2.75, 3.05) is 18.4 Å². The Balaban J connectivity index is 1.48. The van der Waals surface area contributed by atoms with Gasteiger partial charge in [0.05, 0.1) is 0 Å². The molecule has 1 aromatic heterocycles. The molecular weight excluding hydrogens is 304 g/mol. The Bertz CT molecular complexity index is 588. The molecule has 1 amide bonds. The van der Waals surface area contributed by atoms with Gasteiger partial charge in [-0.1, -0.05) is 0 Å². The van der Waals surface area contributed by atoms with Crippen LogP contribution in [0.2, 0.25) is 0 Å². The molecule has 3 heterocycles. The number of nitrogens with one attached hydrogen (secondary N) is 1. The van der Waals surface area contributed by atoms with Gasteiger partial charge in [0.15, 0.2) is 0 Å². The van der Waals surface area contributed by atoms with E-state index in [2.05, 4.69) is 15.4 Å². The largest absolute Gasteiger partial charge is 0.351 e. The minimum atomic E-state index is -2.46. The van der Waals surface area contributed by atoms with Crippen molar-refractivity contribution in [2.24, 2.45) is 11.8 Å². The lowest BCUT2D eigenvalue weighted by Crippen LogP contribution is -2.48. The molecule has 1 N–H and O–H groups in total. The Labute approximate surface area is 133 Å². The maximum Gasteiger partial charge on any atom is 0.260 e. The first-order chi connectivity index (χ1) is 11.1. The predicted octanol–water partition coefficient (Wildman–Crippen LogP) is 1.92. The topological polar surface area (TPSA) is 63.1 Å². The average Bonchev–Trinajstić information content (AvgIpc) is 3.30. The fourth-order valence-corrected chi connectivity index (χ4v) is 3.83. The first-order valence-corrected chi connectivity index (χ1v) is 8.36. The lowest BCUT2D eigenvalue weighted by Gasteiger charge is -2.40. The fourth-order valence-electron chi connectivity index (χ4n) is 3.83. The van der Waals surface area contributed by atoms with Gasteiger partial charge < -0.3 is 10.2 Å². The van der Waals surface area contributed by atoms with Gasteiger partial charge in [-0.25, -0.2) is 13.5 Å². The molecule has 23 heavy (non-hydrogen) atoms. The molecule has 4 rings (SSSR count). The number of halogens is 2. The van der Waals surface area contributed by atoms with Gasteiger partial charge in [-0.3, -0.25) is 4.79 Å². The highest BCUT2D eigenvalue weighted by molar-refractivity contribution is 5.81. The number of alkyl halides is 2. The van der Waals surface area contributed by atoms with Gasteiger partial charge in [0.1, 0.15) is 12.4 Å². The molecule has 3 atom stereocenters. The summed E-state index contributed by atoms with van der Waals surface area (Å²) in [5, 5.41) is 7.17. The van der Waals surface area contributed by atoms with Gasteiger partial charge in [0.25, 0.3) is 6.43 Å². The summed E-state index contributed by atoms with van der Waals surface area (Å²) >= 11 is 0. The van der Waals surface area contributed by atoms with Crippen molar-refractivity contribution in [3.63, 3.8) is 0 Å². The molecule has 1 unspecified atom stereocenters. The van der Waals surface area contributed by atoms with E-state index in [9.17, 15) is 13.6 Å². The molecule has 1 aliphatic carbocycles. The zero-order valence-corrected chi connectivity index (χ0v) is 12.9. The summed E-state index contributed by atoms with van der Waals surface area (Å²) in [6.45, 7) is 1.46. The highest BCUT2D eigenvalue weighted by atomic mass is 19.3. The van der Waals surface area contributed by atoms with Crippen LogP contribution in [-0.2, 0) is 4.79 Å². The first-order valence-electron chi connectivity index (χ1n) is 8.36. The third-order valence-electron chi connectivity index (χ3n) is 5.25. The molecule has 0 radical (unpaired) electrons. The van der Waals surface area contributed by atoms with Gasteiger partial charge in [-0.2, -0.15) is 10.1 Å². The predicted molar refractivity (Wildman–Crippen MR) is 79.1 cm³/mol. The fraction of sp³-hybridized carbons (Fsp3) is 0.800. The number of rotatable bonds is 3. The van der Waals surface area contributed by atoms with E-state index < -0.39 is 12.5 Å². The van der Waals surface area contributed by atoms with E-state index in [1.165, 1.54) is 11.0 Å². The Morgan fingerprint density at radius 2 is 2.17 bits per heavy atom. The Kier molecular flexibility index (Phi) is 3.69. The first kappa shape index (κ1) is 14.8. The molecule has 2 fully saturated rings. The molecule has 1 aromatic rings. The minimum Gasteiger partial charge on any atom is -0.351 e. The molecule has 0 aromatic carbocycles. The summed E-state index contributed by atoms with van der Waals surface area (Å²) in [5.41, 5.74) is 0. The van der Waals surface area contributed by atoms with Crippen molar-refractivity contribution < 1.29 is 13.6 Å². The van der Waals surface area contributed by atoms with Crippen LogP contribution < -0.4 is 5.32 Å². The van der Waals surface area contributed by atoms with Crippen LogP contribution in [0.5, 0.6) is 0 Å². The second-order valence-corrected chi connectivity index (χ2v) is 6.88. The van der Waals surface area contributed by atoms with Crippen molar-refractivity contribution in [1.29, 1.82) is 0 Å².